The van der Waals surface area contributed by atoms with E-state index in [9.17, 15) is 4.79 Å². The molecule has 1 aromatic carbocycles. The molecule has 1 heterocycles. The standard InChI is InChI=1S/C15H16ClN3O3S/c1-21-12-9-13(22-2)11(8-10(12)16)19-14(20)4-7-23-15-17-5-3-6-18-15/h3,5-6,8-9H,4,7H2,1-2H3,(H,19,20). The smallest absolute Gasteiger partial charge is 0.225 e. The summed E-state index contributed by atoms with van der Waals surface area (Å²) in [6, 6.07) is 4.98. The van der Waals surface area contributed by atoms with E-state index in [0.717, 1.165) is 0 Å². The van der Waals surface area contributed by atoms with Crippen molar-refractivity contribution in [3.05, 3.63) is 35.6 Å². The van der Waals surface area contributed by atoms with Crippen molar-refractivity contribution in [3.8, 4) is 11.5 Å². The quantitative estimate of drug-likeness (QED) is 0.608. The zero-order valence-electron chi connectivity index (χ0n) is 12.7. The molecule has 2 aromatic rings. The maximum atomic E-state index is 12.0. The summed E-state index contributed by atoms with van der Waals surface area (Å²) in [7, 11) is 3.03. The number of benzene rings is 1. The molecular formula is C15H16ClN3O3S. The molecule has 23 heavy (non-hydrogen) atoms. The molecule has 0 radical (unpaired) electrons. The van der Waals surface area contributed by atoms with Crippen LogP contribution in [0.1, 0.15) is 6.42 Å². The summed E-state index contributed by atoms with van der Waals surface area (Å²) in [5.41, 5.74) is 0.504. The first-order chi connectivity index (χ1) is 11.1. The van der Waals surface area contributed by atoms with Gasteiger partial charge in [-0.3, -0.25) is 4.79 Å². The van der Waals surface area contributed by atoms with Crippen molar-refractivity contribution >= 4 is 35.0 Å². The van der Waals surface area contributed by atoms with E-state index in [4.69, 9.17) is 21.1 Å². The number of carbonyl (C=O) groups is 1. The molecule has 0 saturated heterocycles. The zero-order chi connectivity index (χ0) is 16.7. The van der Waals surface area contributed by atoms with Crippen LogP contribution in [0.25, 0.3) is 0 Å². The number of methoxy groups -OCH3 is 2. The lowest BCUT2D eigenvalue weighted by Crippen LogP contribution is -2.13. The maximum absolute atomic E-state index is 12.0. The average molecular weight is 354 g/mol. The van der Waals surface area contributed by atoms with Crippen LogP contribution in [-0.4, -0.2) is 35.8 Å². The molecule has 0 bridgehead atoms. The van der Waals surface area contributed by atoms with Gasteiger partial charge in [-0.1, -0.05) is 23.4 Å². The minimum absolute atomic E-state index is 0.145. The third-order valence-electron chi connectivity index (χ3n) is 2.85. The minimum Gasteiger partial charge on any atom is -0.495 e. The zero-order valence-corrected chi connectivity index (χ0v) is 14.3. The fraction of sp³-hybridized carbons (Fsp3) is 0.267. The summed E-state index contributed by atoms with van der Waals surface area (Å²) in [4.78, 5) is 20.2. The summed E-state index contributed by atoms with van der Waals surface area (Å²) in [6.45, 7) is 0. The molecule has 2 rings (SSSR count). The van der Waals surface area contributed by atoms with Crippen LogP contribution in [-0.2, 0) is 4.79 Å². The number of anilines is 1. The molecule has 122 valence electrons. The Labute approximate surface area is 143 Å². The number of halogens is 1. The molecular weight excluding hydrogens is 338 g/mol. The van der Waals surface area contributed by atoms with Crippen molar-refractivity contribution in [2.75, 3.05) is 25.3 Å². The molecule has 0 aliphatic rings. The largest absolute Gasteiger partial charge is 0.495 e. The third kappa shape index (κ3) is 5.01. The lowest BCUT2D eigenvalue weighted by atomic mass is 10.2. The van der Waals surface area contributed by atoms with Crippen LogP contribution >= 0.6 is 23.4 Å². The number of aromatic nitrogens is 2. The number of hydrogen-bond donors (Lipinski definition) is 1. The van der Waals surface area contributed by atoms with Crippen LogP contribution in [0.15, 0.2) is 35.7 Å². The summed E-state index contributed by atoms with van der Waals surface area (Å²) in [6.07, 6.45) is 3.65. The van der Waals surface area contributed by atoms with Crippen LogP contribution in [0.4, 0.5) is 5.69 Å². The van der Waals surface area contributed by atoms with Gasteiger partial charge in [0.25, 0.3) is 0 Å². The molecule has 0 saturated carbocycles. The number of thioether (sulfide) groups is 1. The van der Waals surface area contributed by atoms with Crippen LogP contribution in [0.3, 0.4) is 0 Å². The van der Waals surface area contributed by atoms with Crippen LogP contribution < -0.4 is 14.8 Å². The van der Waals surface area contributed by atoms with E-state index in [1.54, 1.807) is 30.6 Å². The number of amides is 1. The van der Waals surface area contributed by atoms with E-state index < -0.39 is 0 Å². The monoisotopic (exact) mass is 353 g/mol. The molecule has 0 aliphatic heterocycles. The second-order valence-electron chi connectivity index (χ2n) is 4.37. The first-order valence-corrected chi connectivity index (χ1v) is 8.11. The number of carbonyl (C=O) groups excluding carboxylic acids is 1. The number of hydrogen-bond acceptors (Lipinski definition) is 6. The number of nitrogens with zero attached hydrogens (tertiary/aromatic N) is 2. The Kier molecular flexibility index (Phi) is 6.49. The molecule has 0 unspecified atom stereocenters. The summed E-state index contributed by atoms with van der Waals surface area (Å²) >= 11 is 7.49. The fourth-order valence-corrected chi connectivity index (χ4v) is 2.75. The second-order valence-corrected chi connectivity index (χ2v) is 5.83. The van der Waals surface area contributed by atoms with Crippen molar-refractivity contribution in [1.29, 1.82) is 0 Å². The van der Waals surface area contributed by atoms with E-state index in [1.165, 1.54) is 26.0 Å². The van der Waals surface area contributed by atoms with Gasteiger partial charge in [0, 0.05) is 30.6 Å². The minimum atomic E-state index is -0.145. The molecule has 0 aliphatic carbocycles. The molecule has 0 fully saturated rings. The van der Waals surface area contributed by atoms with E-state index in [-0.39, 0.29) is 5.91 Å². The first-order valence-electron chi connectivity index (χ1n) is 6.75. The summed E-state index contributed by atoms with van der Waals surface area (Å²) in [5.74, 6) is 1.40. The second kappa shape index (κ2) is 8.59. The van der Waals surface area contributed by atoms with Gasteiger partial charge >= 0.3 is 0 Å². The SMILES string of the molecule is COc1cc(OC)c(NC(=O)CCSc2ncccn2)cc1Cl. The Hall–Kier alpha value is -1.99. The highest BCUT2D eigenvalue weighted by Gasteiger charge is 2.12. The molecule has 1 N–H and O–H groups in total. The van der Waals surface area contributed by atoms with Crippen molar-refractivity contribution in [2.45, 2.75) is 11.6 Å². The topological polar surface area (TPSA) is 73.3 Å². The summed E-state index contributed by atoms with van der Waals surface area (Å²) < 4.78 is 10.4. The van der Waals surface area contributed by atoms with Crippen LogP contribution in [0.5, 0.6) is 11.5 Å². The molecule has 1 aromatic heterocycles. The lowest BCUT2D eigenvalue weighted by molar-refractivity contribution is -0.115. The predicted molar refractivity (Wildman–Crippen MR) is 90.6 cm³/mol. The van der Waals surface area contributed by atoms with Gasteiger partial charge in [0.05, 0.1) is 24.9 Å². The van der Waals surface area contributed by atoms with Gasteiger partial charge in [0.15, 0.2) is 5.16 Å². The van der Waals surface area contributed by atoms with E-state index in [1.807, 2.05) is 0 Å². The van der Waals surface area contributed by atoms with Crippen molar-refractivity contribution < 1.29 is 14.3 Å². The lowest BCUT2D eigenvalue weighted by Gasteiger charge is -2.13. The summed E-state index contributed by atoms with van der Waals surface area (Å²) in [5, 5.41) is 3.82. The molecule has 0 atom stereocenters. The van der Waals surface area contributed by atoms with Gasteiger partial charge in [-0.15, -0.1) is 0 Å². The Morgan fingerprint density at radius 2 is 1.91 bits per heavy atom. The van der Waals surface area contributed by atoms with E-state index >= 15 is 0 Å². The van der Waals surface area contributed by atoms with Crippen molar-refractivity contribution in [1.82, 2.24) is 9.97 Å². The van der Waals surface area contributed by atoms with Crippen LogP contribution in [0.2, 0.25) is 5.02 Å². The first kappa shape index (κ1) is 17.4. The van der Waals surface area contributed by atoms with E-state index in [0.29, 0.717) is 39.5 Å². The van der Waals surface area contributed by atoms with Gasteiger partial charge in [-0.05, 0) is 12.1 Å². The number of ether oxygens (including phenoxy) is 2. The van der Waals surface area contributed by atoms with Gasteiger partial charge < -0.3 is 14.8 Å². The molecule has 1 amide bonds. The average Bonchev–Trinajstić information content (AvgIpc) is 2.56. The predicted octanol–water partition coefficient (Wildman–Crippen LogP) is 3.27. The van der Waals surface area contributed by atoms with Gasteiger partial charge in [0.2, 0.25) is 5.91 Å². The van der Waals surface area contributed by atoms with Crippen LogP contribution in [0, 0.1) is 0 Å². The Balaban J connectivity index is 1.93. The highest BCUT2D eigenvalue weighted by molar-refractivity contribution is 7.99. The number of nitrogens with one attached hydrogen (secondary N) is 1. The molecule has 0 spiro atoms. The van der Waals surface area contributed by atoms with Gasteiger partial charge in [-0.25, -0.2) is 9.97 Å². The van der Waals surface area contributed by atoms with Crippen molar-refractivity contribution in [3.63, 3.8) is 0 Å². The third-order valence-corrected chi connectivity index (χ3v) is 4.02. The molecule has 6 nitrogen and oxygen atoms in total. The van der Waals surface area contributed by atoms with Gasteiger partial charge in [-0.2, -0.15) is 0 Å². The molecule has 8 heteroatoms. The van der Waals surface area contributed by atoms with Gasteiger partial charge in [0.1, 0.15) is 11.5 Å². The Bertz CT molecular complexity index is 671. The Morgan fingerprint density at radius 3 is 2.57 bits per heavy atom. The number of rotatable bonds is 7. The fourth-order valence-electron chi connectivity index (χ4n) is 1.77. The Morgan fingerprint density at radius 1 is 1.22 bits per heavy atom. The van der Waals surface area contributed by atoms with Crippen molar-refractivity contribution in [2.24, 2.45) is 0 Å². The highest BCUT2D eigenvalue weighted by atomic mass is 35.5. The maximum Gasteiger partial charge on any atom is 0.225 e. The van der Waals surface area contributed by atoms with E-state index in [2.05, 4.69) is 15.3 Å². The highest BCUT2D eigenvalue weighted by Crippen LogP contribution is 2.35. The normalized spacial score (nSPS) is 10.2.